The number of hydrogen-bond donors (Lipinski definition) is 1. The maximum atomic E-state index is 12.7. The predicted molar refractivity (Wildman–Crippen MR) is 100.0 cm³/mol. The molecule has 1 N–H and O–H groups in total. The summed E-state index contributed by atoms with van der Waals surface area (Å²) in [6.45, 7) is 3.62. The average Bonchev–Trinajstić information content (AvgIpc) is 2.76. The number of nitrogens with one attached hydrogen (secondary N) is 1. The summed E-state index contributed by atoms with van der Waals surface area (Å²) in [4.78, 5) is 23.2. The Balaban J connectivity index is 3.35. The van der Waals surface area contributed by atoms with Crippen LogP contribution >= 0.6 is 35.0 Å². The van der Waals surface area contributed by atoms with Crippen LogP contribution in [0, 0.1) is 0 Å². The Kier molecular flexibility index (Phi) is 8.28. The molecule has 0 saturated heterocycles. The van der Waals surface area contributed by atoms with Crippen LogP contribution in [0.1, 0.15) is 12.8 Å². The van der Waals surface area contributed by atoms with Crippen LogP contribution in [0.15, 0.2) is 23.4 Å². The SMILES string of the molecule is C=CCC1(Cl)C(=O)C(Cl)=C(NC(CCSC)C(=O)OC)C1(OC)OC. The molecule has 0 saturated carbocycles. The van der Waals surface area contributed by atoms with Gasteiger partial charge >= 0.3 is 5.97 Å². The molecule has 0 spiro atoms. The van der Waals surface area contributed by atoms with Crippen LogP contribution in [0.3, 0.4) is 0 Å². The number of allylic oxidation sites excluding steroid dienone is 2. The van der Waals surface area contributed by atoms with Crippen LogP contribution in [-0.4, -0.2) is 61.8 Å². The number of carbonyl (C=O) groups is 2. The molecule has 2 atom stereocenters. The lowest BCUT2D eigenvalue weighted by Crippen LogP contribution is -2.58. The molecule has 142 valence electrons. The van der Waals surface area contributed by atoms with Crippen molar-refractivity contribution in [2.24, 2.45) is 0 Å². The summed E-state index contributed by atoms with van der Waals surface area (Å²) in [7, 11) is 3.99. The fraction of sp³-hybridized carbons (Fsp3) is 0.625. The van der Waals surface area contributed by atoms with E-state index in [2.05, 4.69) is 11.9 Å². The van der Waals surface area contributed by atoms with Crippen LogP contribution in [0.2, 0.25) is 0 Å². The summed E-state index contributed by atoms with van der Waals surface area (Å²) in [5.74, 6) is -2.04. The van der Waals surface area contributed by atoms with Crippen molar-refractivity contribution in [2.75, 3.05) is 33.3 Å². The van der Waals surface area contributed by atoms with E-state index >= 15 is 0 Å². The zero-order valence-electron chi connectivity index (χ0n) is 14.7. The molecule has 1 aliphatic rings. The highest BCUT2D eigenvalue weighted by atomic mass is 35.5. The smallest absolute Gasteiger partial charge is 0.328 e. The number of ether oxygens (including phenoxy) is 3. The van der Waals surface area contributed by atoms with Crippen molar-refractivity contribution in [3.05, 3.63) is 23.4 Å². The van der Waals surface area contributed by atoms with Gasteiger partial charge in [-0.3, -0.25) is 4.79 Å². The lowest BCUT2D eigenvalue weighted by atomic mass is 9.93. The first kappa shape index (κ1) is 22.3. The molecule has 0 heterocycles. The van der Waals surface area contributed by atoms with E-state index in [1.165, 1.54) is 27.4 Å². The zero-order chi connectivity index (χ0) is 19.3. The second-order valence-electron chi connectivity index (χ2n) is 5.34. The molecule has 0 amide bonds. The minimum atomic E-state index is -1.68. The topological polar surface area (TPSA) is 73.9 Å². The minimum Gasteiger partial charge on any atom is -0.467 e. The van der Waals surface area contributed by atoms with Gasteiger partial charge in [0.1, 0.15) is 11.1 Å². The van der Waals surface area contributed by atoms with Crippen molar-refractivity contribution in [3.8, 4) is 0 Å². The maximum absolute atomic E-state index is 12.7. The van der Waals surface area contributed by atoms with Gasteiger partial charge in [-0.1, -0.05) is 17.7 Å². The van der Waals surface area contributed by atoms with E-state index < -0.39 is 28.5 Å². The molecule has 25 heavy (non-hydrogen) atoms. The quantitative estimate of drug-likeness (QED) is 0.256. The van der Waals surface area contributed by atoms with Crippen molar-refractivity contribution in [1.82, 2.24) is 5.32 Å². The second-order valence-corrected chi connectivity index (χ2v) is 7.35. The molecular formula is C16H23Cl2NO5S. The number of hydrogen-bond acceptors (Lipinski definition) is 7. The summed E-state index contributed by atoms with van der Waals surface area (Å²) in [5.41, 5.74) is 0.109. The van der Waals surface area contributed by atoms with E-state index in [0.29, 0.717) is 12.2 Å². The van der Waals surface area contributed by atoms with Crippen LogP contribution in [0.4, 0.5) is 0 Å². The molecule has 2 unspecified atom stereocenters. The summed E-state index contributed by atoms with van der Waals surface area (Å²) < 4.78 is 15.8. The molecule has 0 aliphatic heterocycles. The first-order chi connectivity index (χ1) is 11.8. The molecular weight excluding hydrogens is 389 g/mol. The maximum Gasteiger partial charge on any atom is 0.328 e. The Morgan fingerprint density at radius 2 is 2.00 bits per heavy atom. The Labute approximate surface area is 162 Å². The van der Waals surface area contributed by atoms with Crippen molar-refractivity contribution in [3.63, 3.8) is 0 Å². The second kappa shape index (κ2) is 9.28. The summed E-state index contributed by atoms with van der Waals surface area (Å²) >= 11 is 14.4. The highest BCUT2D eigenvalue weighted by molar-refractivity contribution is 7.98. The van der Waals surface area contributed by atoms with Gasteiger partial charge in [0.25, 0.3) is 0 Å². The van der Waals surface area contributed by atoms with E-state index in [9.17, 15) is 9.59 Å². The molecule has 6 nitrogen and oxygen atoms in total. The highest BCUT2D eigenvalue weighted by Crippen LogP contribution is 2.50. The van der Waals surface area contributed by atoms with Crippen molar-refractivity contribution in [1.29, 1.82) is 0 Å². The van der Waals surface area contributed by atoms with Gasteiger partial charge in [-0.25, -0.2) is 4.79 Å². The Bertz CT molecular complexity index is 565. The lowest BCUT2D eigenvalue weighted by molar-refractivity contribution is -0.199. The summed E-state index contributed by atoms with van der Waals surface area (Å²) in [6.07, 6.45) is 3.92. The molecule has 0 fully saturated rings. The van der Waals surface area contributed by atoms with Gasteiger partial charge in [0.2, 0.25) is 11.6 Å². The van der Waals surface area contributed by atoms with Gasteiger partial charge in [0.15, 0.2) is 4.87 Å². The van der Waals surface area contributed by atoms with Gasteiger partial charge in [-0.2, -0.15) is 11.8 Å². The fourth-order valence-corrected chi connectivity index (χ4v) is 4.09. The van der Waals surface area contributed by atoms with Gasteiger partial charge < -0.3 is 19.5 Å². The Morgan fingerprint density at radius 3 is 2.44 bits per heavy atom. The normalized spacial score (nSPS) is 23.5. The molecule has 1 aliphatic carbocycles. The number of alkyl halides is 1. The molecule has 0 aromatic rings. The number of methoxy groups -OCH3 is 3. The van der Waals surface area contributed by atoms with Gasteiger partial charge in [0, 0.05) is 14.2 Å². The average molecular weight is 412 g/mol. The molecule has 0 bridgehead atoms. The third-order valence-corrected chi connectivity index (χ3v) is 5.62. The number of Topliss-reactive ketones (excluding diaryl/α,β-unsaturated/α-hetero) is 1. The summed E-state index contributed by atoms with van der Waals surface area (Å²) in [5, 5.41) is 2.79. The standard InChI is InChI=1S/C16H23Cl2NO5S/c1-6-8-15(18)13(20)11(17)12(16(15,23-3)24-4)19-10(7-9-25-5)14(21)22-2/h6,10,19H,1,7-9H2,2-5H3. The summed E-state index contributed by atoms with van der Waals surface area (Å²) in [6, 6.07) is -0.735. The van der Waals surface area contributed by atoms with Crippen molar-refractivity contribution in [2.45, 2.75) is 29.5 Å². The van der Waals surface area contributed by atoms with E-state index in [1.807, 2.05) is 6.26 Å². The first-order valence-corrected chi connectivity index (χ1v) is 9.63. The van der Waals surface area contributed by atoms with E-state index in [0.717, 1.165) is 0 Å². The van der Waals surface area contributed by atoms with Gasteiger partial charge in [0.05, 0.1) is 12.8 Å². The molecule has 1 rings (SSSR count). The number of esters is 1. The van der Waals surface area contributed by atoms with Crippen LogP contribution < -0.4 is 5.32 Å². The lowest BCUT2D eigenvalue weighted by Gasteiger charge is -2.40. The van der Waals surface area contributed by atoms with Crippen LogP contribution in [-0.2, 0) is 23.8 Å². The highest BCUT2D eigenvalue weighted by Gasteiger charge is 2.66. The largest absolute Gasteiger partial charge is 0.467 e. The van der Waals surface area contributed by atoms with E-state index in [1.54, 1.807) is 11.8 Å². The van der Waals surface area contributed by atoms with Gasteiger partial charge in [-0.15, -0.1) is 18.2 Å². The van der Waals surface area contributed by atoms with E-state index in [4.69, 9.17) is 37.4 Å². The fourth-order valence-electron chi connectivity index (χ4n) is 2.78. The minimum absolute atomic E-state index is 0.0597. The van der Waals surface area contributed by atoms with E-state index in [-0.39, 0.29) is 17.2 Å². The molecule has 0 aromatic heterocycles. The third-order valence-electron chi connectivity index (χ3n) is 4.05. The third kappa shape index (κ3) is 3.85. The first-order valence-electron chi connectivity index (χ1n) is 7.48. The Hall–Kier alpha value is -0.730. The monoisotopic (exact) mass is 411 g/mol. The number of rotatable bonds is 10. The van der Waals surface area contributed by atoms with Crippen molar-refractivity contribution >= 4 is 46.7 Å². The molecule has 9 heteroatoms. The predicted octanol–water partition coefficient (Wildman–Crippen LogP) is 2.45. The number of halogens is 2. The number of thioether (sulfide) groups is 1. The van der Waals surface area contributed by atoms with Crippen molar-refractivity contribution < 1.29 is 23.8 Å². The zero-order valence-corrected chi connectivity index (χ0v) is 17.0. The Morgan fingerprint density at radius 1 is 1.40 bits per heavy atom. The van der Waals surface area contributed by atoms with Crippen LogP contribution in [0.5, 0.6) is 0 Å². The number of carbonyl (C=O) groups excluding carboxylic acids is 2. The van der Waals surface area contributed by atoms with Gasteiger partial charge in [-0.05, 0) is 24.9 Å². The van der Waals surface area contributed by atoms with Crippen LogP contribution in [0.25, 0.3) is 0 Å². The number of ketones is 1. The molecule has 0 radical (unpaired) electrons. The molecule has 0 aromatic carbocycles.